The van der Waals surface area contributed by atoms with Gasteiger partial charge in [0.2, 0.25) is 11.8 Å². The third-order valence-electron chi connectivity index (χ3n) is 4.50. The van der Waals surface area contributed by atoms with Gasteiger partial charge in [0.15, 0.2) is 0 Å². The maximum atomic E-state index is 14.1. The van der Waals surface area contributed by atoms with Gasteiger partial charge >= 0.3 is 0 Å². The maximum Gasteiger partial charge on any atom is 0.222 e. The van der Waals surface area contributed by atoms with Gasteiger partial charge in [0.1, 0.15) is 11.6 Å². The van der Waals surface area contributed by atoms with Crippen LogP contribution in [0.2, 0.25) is 0 Å². The normalized spacial score (nSPS) is 13.7. The molecule has 0 bridgehead atoms. The fourth-order valence-electron chi connectivity index (χ4n) is 3.18. The predicted octanol–water partition coefficient (Wildman–Crippen LogP) is 2.45. The van der Waals surface area contributed by atoms with E-state index >= 15 is 0 Å². The van der Waals surface area contributed by atoms with Crippen LogP contribution in [-0.4, -0.2) is 11.8 Å². The fourth-order valence-corrected chi connectivity index (χ4v) is 3.18. The van der Waals surface area contributed by atoms with Gasteiger partial charge in [-0.2, -0.15) is 0 Å². The Bertz CT molecular complexity index is 870. The highest BCUT2D eigenvalue weighted by molar-refractivity contribution is 5.79. The van der Waals surface area contributed by atoms with Crippen molar-refractivity contribution in [3.05, 3.63) is 70.3 Å². The lowest BCUT2D eigenvalue weighted by Gasteiger charge is -2.19. The monoisotopic (exact) mass is 373 g/mol. The number of hydrogen-bond donors (Lipinski definition) is 3. The molecule has 2 aromatic rings. The minimum atomic E-state index is -0.868. The fraction of sp³-hybridized carbons (Fsp3) is 0.300. The first-order valence-corrected chi connectivity index (χ1v) is 8.72. The highest BCUT2D eigenvalue weighted by Gasteiger charge is 2.21. The molecule has 142 valence electrons. The number of carbonyl (C=O) groups is 2. The van der Waals surface area contributed by atoms with Gasteiger partial charge in [0.05, 0.1) is 12.5 Å². The molecule has 7 heteroatoms. The number of halogens is 2. The Balaban J connectivity index is 1.64. The number of nitrogens with one attached hydrogen (secondary N) is 3. The van der Waals surface area contributed by atoms with Gasteiger partial charge in [-0.15, -0.1) is 0 Å². The third-order valence-corrected chi connectivity index (χ3v) is 4.50. The summed E-state index contributed by atoms with van der Waals surface area (Å²) in [6, 6.07) is 8.24. The van der Waals surface area contributed by atoms with E-state index in [9.17, 15) is 18.4 Å². The second kappa shape index (κ2) is 8.26. The van der Waals surface area contributed by atoms with Gasteiger partial charge < -0.3 is 16.0 Å². The van der Waals surface area contributed by atoms with Crippen LogP contribution in [0, 0.1) is 11.6 Å². The molecular formula is C20H21F2N3O2. The molecule has 1 unspecified atom stereocenters. The van der Waals surface area contributed by atoms with E-state index < -0.39 is 23.6 Å². The van der Waals surface area contributed by atoms with Crippen LogP contribution in [0.4, 0.5) is 8.78 Å². The number of hydrogen-bond acceptors (Lipinski definition) is 3. The summed E-state index contributed by atoms with van der Waals surface area (Å²) in [5.74, 6) is -2.25. The average molecular weight is 373 g/mol. The first-order valence-electron chi connectivity index (χ1n) is 8.72. The van der Waals surface area contributed by atoms with Crippen LogP contribution >= 0.6 is 0 Å². The topological polar surface area (TPSA) is 70.2 Å². The molecule has 1 heterocycles. The van der Waals surface area contributed by atoms with Crippen LogP contribution in [0.1, 0.15) is 41.6 Å². The van der Waals surface area contributed by atoms with Crippen molar-refractivity contribution in [2.45, 2.75) is 39.0 Å². The van der Waals surface area contributed by atoms with Crippen molar-refractivity contribution in [3.8, 4) is 0 Å². The molecule has 3 rings (SSSR count). The molecule has 3 N–H and O–H groups in total. The molecule has 1 aliphatic rings. The van der Waals surface area contributed by atoms with E-state index in [-0.39, 0.29) is 17.9 Å². The Morgan fingerprint density at radius 1 is 1.11 bits per heavy atom. The van der Waals surface area contributed by atoms with Crippen molar-refractivity contribution in [3.63, 3.8) is 0 Å². The van der Waals surface area contributed by atoms with Crippen LogP contribution in [0.5, 0.6) is 0 Å². The van der Waals surface area contributed by atoms with Crippen molar-refractivity contribution in [1.82, 2.24) is 16.0 Å². The zero-order valence-corrected chi connectivity index (χ0v) is 14.9. The van der Waals surface area contributed by atoms with E-state index in [0.717, 1.165) is 30.8 Å². The Labute approximate surface area is 156 Å². The van der Waals surface area contributed by atoms with E-state index in [1.54, 1.807) is 0 Å². The Morgan fingerprint density at radius 2 is 1.89 bits per heavy atom. The summed E-state index contributed by atoms with van der Waals surface area (Å²) in [5, 5.41) is 8.60. The largest absolute Gasteiger partial charge is 0.352 e. The number of benzene rings is 2. The molecule has 5 nitrogen and oxygen atoms in total. The number of rotatable bonds is 6. The smallest absolute Gasteiger partial charge is 0.222 e. The first kappa shape index (κ1) is 19.0. The highest BCUT2D eigenvalue weighted by atomic mass is 19.1. The van der Waals surface area contributed by atoms with Crippen molar-refractivity contribution < 1.29 is 18.4 Å². The zero-order valence-electron chi connectivity index (χ0n) is 14.9. The molecule has 0 aromatic heterocycles. The summed E-state index contributed by atoms with van der Waals surface area (Å²) in [5.41, 5.74) is 3.51. The van der Waals surface area contributed by atoms with Gasteiger partial charge in [0, 0.05) is 38.2 Å². The van der Waals surface area contributed by atoms with E-state index in [2.05, 4.69) is 16.0 Å². The van der Waals surface area contributed by atoms with Crippen LogP contribution in [-0.2, 0) is 29.2 Å². The van der Waals surface area contributed by atoms with Gasteiger partial charge in [-0.1, -0.05) is 24.3 Å². The second-order valence-electron chi connectivity index (χ2n) is 6.61. The molecule has 0 aliphatic carbocycles. The van der Waals surface area contributed by atoms with Crippen molar-refractivity contribution in [1.29, 1.82) is 0 Å². The molecule has 0 radical (unpaired) electrons. The second-order valence-corrected chi connectivity index (χ2v) is 6.61. The molecule has 0 spiro atoms. The summed E-state index contributed by atoms with van der Waals surface area (Å²) in [7, 11) is 0. The number of fused-ring (bicyclic) bond motifs is 1. The van der Waals surface area contributed by atoms with Crippen LogP contribution in [0.15, 0.2) is 36.4 Å². The lowest BCUT2D eigenvalue weighted by Crippen LogP contribution is -2.33. The highest BCUT2D eigenvalue weighted by Crippen LogP contribution is 2.22. The zero-order chi connectivity index (χ0) is 19.4. The van der Waals surface area contributed by atoms with Crippen LogP contribution < -0.4 is 16.0 Å². The third kappa shape index (κ3) is 4.89. The van der Waals surface area contributed by atoms with E-state index in [1.165, 1.54) is 24.1 Å². The maximum absolute atomic E-state index is 14.1. The summed E-state index contributed by atoms with van der Waals surface area (Å²) >= 11 is 0. The van der Waals surface area contributed by atoms with Crippen LogP contribution in [0.3, 0.4) is 0 Å². The minimum Gasteiger partial charge on any atom is -0.352 e. The quantitative estimate of drug-likeness (QED) is 0.729. The lowest BCUT2D eigenvalue weighted by molar-refractivity contribution is -0.122. The van der Waals surface area contributed by atoms with Crippen molar-refractivity contribution in [2.75, 3.05) is 0 Å². The van der Waals surface area contributed by atoms with E-state index in [4.69, 9.17) is 0 Å². The van der Waals surface area contributed by atoms with Gasteiger partial charge in [-0.05, 0) is 22.8 Å². The Kier molecular flexibility index (Phi) is 5.81. The molecule has 1 aliphatic heterocycles. The summed E-state index contributed by atoms with van der Waals surface area (Å²) in [4.78, 5) is 23.8. The minimum absolute atomic E-state index is 0.0744. The van der Waals surface area contributed by atoms with E-state index in [1.807, 2.05) is 18.2 Å². The van der Waals surface area contributed by atoms with Crippen molar-refractivity contribution >= 4 is 11.8 Å². The molecule has 1 atom stereocenters. The summed E-state index contributed by atoms with van der Waals surface area (Å²) < 4.78 is 27.2. The Hall–Kier alpha value is -2.80. The molecule has 0 fully saturated rings. The summed E-state index contributed by atoms with van der Waals surface area (Å²) in [6.45, 7) is 3.28. The molecule has 27 heavy (non-hydrogen) atoms. The van der Waals surface area contributed by atoms with Crippen LogP contribution in [0.25, 0.3) is 0 Å². The lowest BCUT2D eigenvalue weighted by atomic mass is 10.0. The number of carbonyl (C=O) groups excluding carboxylic acids is 2. The predicted molar refractivity (Wildman–Crippen MR) is 96.4 cm³/mol. The molecule has 2 amide bonds. The Morgan fingerprint density at radius 3 is 2.63 bits per heavy atom. The first-order chi connectivity index (χ1) is 12.9. The molecule has 2 aromatic carbocycles. The summed E-state index contributed by atoms with van der Waals surface area (Å²) in [6.07, 6.45) is -0.144. The molecule has 0 saturated carbocycles. The SMILES string of the molecule is CC(=O)NC(CC(=O)NCc1ccc2c(c1)CNC2)c1ccc(F)cc1F. The van der Waals surface area contributed by atoms with Gasteiger partial charge in [0.25, 0.3) is 0 Å². The van der Waals surface area contributed by atoms with E-state index in [0.29, 0.717) is 6.54 Å². The standard InChI is InChI=1S/C20H21F2N3O2/c1-12(26)25-19(17-5-4-16(21)7-18(17)22)8-20(27)24-9-13-2-3-14-10-23-11-15(14)6-13/h2-7,19,23H,8-11H2,1H3,(H,24,27)(H,25,26). The average Bonchev–Trinajstić information content (AvgIpc) is 3.07. The van der Waals surface area contributed by atoms with Gasteiger partial charge in [-0.25, -0.2) is 8.78 Å². The molecular weight excluding hydrogens is 352 g/mol. The molecule has 0 saturated heterocycles. The van der Waals surface area contributed by atoms with Gasteiger partial charge in [-0.3, -0.25) is 9.59 Å². The van der Waals surface area contributed by atoms with Crippen molar-refractivity contribution in [2.24, 2.45) is 0 Å². The number of amides is 2.